The number of amides is 2. The Morgan fingerprint density at radius 2 is 1.49 bits per heavy atom. The van der Waals surface area contributed by atoms with Gasteiger partial charge in [-0.15, -0.1) is 11.8 Å². The van der Waals surface area contributed by atoms with Crippen LogP contribution in [0.25, 0.3) is 0 Å². The normalized spacial score (nSPS) is 14.5. The number of carbonyl (C=O) groups is 2. The lowest BCUT2D eigenvalue weighted by atomic mass is 9.94. The average molecular weight is 543 g/mol. The summed E-state index contributed by atoms with van der Waals surface area (Å²) in [5.41, 5.74) is 6.98. The lowest BCUT2D eigenvalue weighted by Crippen LogP contribution is -2.53. The van der Waals surface area contributed by atoms with Crippen LogP contribution in [-0.2, 0) is 28.3 Å². The molecule has 206 valence electrons. The van der Waals surface area contributed by atoms with Crippen molar-refractivity contribution < 1.29 is 9.59 Å². The van der Waals surface area contributed by atoms with E-state index >= 15 is 0 Å². The minimum atomic E-state index is -0.565. The second-order valence-electron chi connectivity index (χ2n) is 11.0. The number of rotatable bonds is 11. The molecule has 39 heavy (non-hydrogen) atoms. The van der Waals surface area contributed by atoms with Gasteiger partial charge in [0.2, 0.25) is 11.8 Å². The van der Waals surface area contributed by atoms with Crippen LogP contribution < -0.4 is 5.32 Å². The van der Waals surface area contributed by atoms with Crippen LogP contribution in [0.15, 0.2) is 72.8 Å². The van der Waals surface area contributed by atoms with E-state index < -0.39 is 6.04 Å². The topological polar surface area (TPSA) is 49.4 Å². The van der Waals surface area contributed by atoms with E-state index in [9.17, 15) is 9.59 Å². The number of nitrogens with one attached hydrogen (secondary N) is 1. The lowest BCUT2D eigenvalue weighted by molar-refractivity contribution is -0.139. The van der Waals surface area contributed by atoms with Gasteiger partial charge in [-0.3, -0.25) is 9.59 Å². The quantitative estimate of drug-likeness (QED) is 0.286. The van der Waals surface area contributed by atoms with Crippen LogP contribution in [0.3, 0.4) is 0 Å². The van der Waals surface area contributed by atoms with E-state index in [1.807, 2.05) is 35.2 Å². The molecule has 3 aromatic carbocycles. The Labute approximate surface area is 238 Å². The Bertz CT molecular complexity index is 1200. The zero-order valence-corrected chi connectivity index (χ0v) is 24.4. The monoisotopic (exact) mass is 542 g/mol. The van der Waals surface area contributed by atoms with Gasteiger partial charge in [-0.1, -0.05) is 109 Å². The van der Waals surface area contributed by atoms with Crippen LogP contribution in [0.2, 0.25) is 0 Å². The van der Waals surface area contributed by atoms with Crippen LogP contribution in [0.1, 0.15) is 65.5 Å². The molecule has 4 nitrogen and oxygen atoms in total. The van der Waals surface area contributed by atoms with E-state index in [4.69, 9.17) is 0 Å². The van der Waals surface area contributed by atoms with Gasteiger partial charge >= 0.3 is 0 Å². The molecule has 1 aliphatic rings. The molecule has 0 spiro atoms. The van der Waals surface area contributed by atoms with E-state index in [2.05, 4.69) is 68.6 Å². The molecule has 5 heteroatoms. The van der Waals surface area contributed by atoms with E-state index in [-0.39, 0.29) is 17.9 Å². The van der Waals surface area contributed by atoms with E-state index in [1.54, 1.807) is 11.8 Å². The first-order chi connectivity index (χ1) is 18.9. The van der Waals surface area contributed by atoms with Gasteiger partial charge in [-0.05, 0) is 50.3 Å². The van der Waals surface area contributed by atoms with Gasteiger partial charge < -0.3 is 10.2 Å². The first-order valence-corrected chi connectivity index (χ1v) is 15.4. The van der Waals surface area contributed by atoms with Gasteiger partial charge in [0.15, 0.2) is 0 Å². The summed E-state index contributed by atoms with van der Waals surface area (Å²) in [6.45, 7) is 6.69. The van der Waals surface area contributed by atoms with E-state index in [0.29, 0.717) is 18.7 Å². The smallest absolute Gasteiger partial charge is 0.243 e. The van der Waals surface area contributed by atoms with Gasteiger partial charge in [0.05, 0.1) is 5.75 Å². The molecular formula is C34H42N2O2S. The minimum absolute atomic E-state index is 0.00433. The Balaban J connectivity index is 1.56. The maximum absolute atomic E-state index is 13.9. The van der Waals surface area contributed by atoms with Crippen molar-refractivity contribution in [3.8, 4) is 0 Å². The second kappa shape index (κ2) is 14.4. The number of carbonyl (C=O) groups excluding carboxylic acids is 2. The molecule has 0 bridgehead atoms. The summed E-state index contributed by atoms with van der Waals surface area (Å²) < 4.78 is 0. The van der Waals surface area contributed by atoms with Crippen molar-refractivity contribution in [2.24, 2.45) is 0 Å². The van der Waals surface area contributed by atoms with Crippen molar-refractivity contribution in [2.75, 3.05) is 5.75 Å². The predicted molar refractivity (Wildman–Crippen MR) is 163 cm³/mol. The first-order valence-electron chi connectivity index (χ1n) is 14.2. The standard InChI is InChI=1S/C34H42N2O2S/c1-25-14-16-29(17-15-25)22-36(33(37)24-39-23-30-19-26(2)18-27(3)20-30)32(21-28-10-6-4-7-11-28)34(38)35-31-12-8-5-9-13-31/h4,6-7,10-11,14-20,31-32H,5,8-9,12-13,21-24H2,1-3H3,(H,35,38). The van der Waals surface area contributed by atoms with Crippen molar-refractivity contribution in [1.82, 2.24) is 10.2 Å². The molecule has 1 fully saturated rings. The highest BCUT2D eigenvalue weighted by Crippen LogP contribution is 2.22. The summed E-state index contributed by atoms with van der Waals surface area (Å²) in [5.74, 6) is 1.07. The van der Waals surface area contributed by atoms with Gasteiger partial charge in [0.1, 0.15) is 6.04 Å². The summed E-state index contributed by atoms with van der Waals surface area (Å²) in [4.78, 5) is 29.6. The molecule has 0 aromatic heterocycles. The highest BCUT2D eigenvalue weighted by Gasteiger charge is 2.31. The molecule has 0 heterocycles. The van der Waals surface area contributed by atoms with E-state index in [1.165, 1.54) is 28.7 Å². The van der Waals surface area contributed by atoms with Gasteiger partial charge in [0.25, 0.3) is 0 Å². The van der Waals surface area contributed by atoms with Crippen molar-refractivity contribution in [1.29, 1.82) is 0 Å². The molecular weight excluding hydrogens is 500 g/mol. The van der Waals surface area contributed by atoms with Gasteiger partial charge in [0, 0.05) is 24.8 Å². The van der Waals surface area contributed by atoms with Crippen molar-refractivity contribution >= 4 is 23.6 Å². The summed E-state index contributed by atoms with van der Waals surface area (Å²) >= 11 is 1.62. The first kappa shape index (κ1) is 28.9. The fourth-order valence-electron chi connectivity index (χ4n) is 5.48. The molecule has 4 rings (SSSR count). The van der Waals surface area contributed by atoms with Gasteiger partial charge in [-0.25, -0.2) is 0 Å². The molecule has 1 saturated carbocycles. The Morgan fingerprint density at radius 3 is 2.15 bits per heavy atom. The van der Waals surface area contributed by atoms with Crippen LogP contribution in [0, 0.1) is 20.8 Å². The second-order valence-corrected chi connectivity index (χ2v) is 12.0. The van der Waals surface area contributed by atoms with Crippen molar-refractivity contribution in [3.63, 3.8) is 0 Å². The number of aryl methyl sites for hydroxylation is 3. The van der Waals surface area contributed by atoms with Crippen LogP contribution in [-0.4, -0.2) is 34.6 Å². The third-order valence-electron chi connectivity index (χ3n) is 7.47. The van der Waals surface area contributed by atoms with E-state index in [0.717, 1.165) is 42.6 Å². The maximum atomic E-state index is 13.9. The Morgan fingerprint density at radius 1 is 0.821 bits per heavy atom. The molecule has 1 aliphatic carbocycles. The predicted octanol–water partition coefficient (Wildman–Crippen LogP) is 6.93. The number of hydrogen-bond donors (Lipinski definition) is 1. The summed E-state index contributed by atoms with van der Waals surface area (Å²) in [6, 6.07) is 24.5. The molecule has 2 amide bonds. The molecule has 1 atom stereocenters. The molecule has 0 saturated heterocycles. The summed E-state index contributed by atoms with van der Waals surface area (Å²) in [5, 5.41) is 3.32. The van der Waals surface area contributed by atoms with Crippen LogP contribution in [0.4, 0.5) is 0 Å². The highest BCUT2D eigenvalue weighted by molar-refractivity contribution is 7.99. The zero-order chi connectivity index (χ0) is 27.6. The average Bonchev–Trinajstić information content (AvgIpc) is 2.92. The Kier molecular flexibility index (Phi) is 10.7. The van der Waals surface area contributed by atoms with Crippen LogP contribution >= 0.6 is 11.8 Å². The third-order valence-corrected chi connectivity index (χ3v) is 8.46. The zero-order valence-electron chi connectivity index (χ0n) is 23.6. The maximum Gasteiger partial charge on any atom is 0.243 e. The fourth-order valence-corrected chi connectivity index (χ4v) is 6.32. The Hall–Kier alpha value is -3.05. The van der Waals surface area contributed by atoms with Gasteiger partial charge in [-0.2, -0.15) is 0 Å². The van der Waals surface area contributed by atoms with Crippen molar-refractivity contribution in [3.05, 3.63) is 106 Å². The molecule has 1 N–H and O–H groups in total. The molecule has 3 aromatic rings. The lowest BCUT2D eigenvalue weighted by Gasteiger charge is -2.33. The number of thioether (sulfide) groups is 1. The summed E-state index contributed by atoms with van der Waals surface area (Å²) in [6.07, 6.45) is 6.06. The minimum Gasteiger partial charge on any atom is -0.352 e. The summed E-state index contributed by atoms with van der Waals surface area (Å²) in [7, 11) is 0. The molecule has 0 radical (unpaired) electrons. The van der Waals surface area contributed by atoms with Crippen molar-refractivity contribution in [2.45, 2.75) is 83.7 Å². The number of nitrogens with zero attached hydrogens (tertiary/aromatic N) is 1. The highest BCUT2D eigenvalue weighted by atomic mass is 32.2. The third kappa shape index (κ3) is 8.99. The largest absolute Gasteiger partial charge is 0.352 e. The SMILES string of the molecule is Cc1ccc(CN(C(=O)CSCc2cc(C)cc(C)c2)C(Cc2ccccc2)C(=O)NC2CCCCC2)cc1. The molecule has 1 unspecified atom stereocenters. The number of benzene rings is 3. The van der Waals surface area contributed by atoms with Crippen LogP contribution in [0.5, 0.6) is 0 Å². The molecule has 0 aliphatic heterocycles. The fraction of sp³-hybridized carbons (Fsp3) is 0.412. The number of hydrogen-bond acceptors (Lipinski definition) is 3.